The van der Waals surface area contributed by atoms with Gasteiger partial charge in [0, 0.05) is 19.5 Å². The summed E-state index contributed by atoms with van der Waals surface area (Å²) in [6.45, 7) is 0.597. The van der Waals surface area contributed by atoms with Crippen LogP contribution in [0, 0.1) is 5.92 Å². The summed E-state index contributed by atoms with van der Waals surface area (Å²) in [5.74, 6) is 0.618. The van der Waals surface area contributed by atoms with Gasteiger partial charge in [-0.1, -0.05) is 25.7 Å². The fourth-order valence-electron chi connectivity index (χ4n) is 2.92. The molecule has 0 aromatic carbocycles. The molecule has 0 aromatic rings. The van der Waals surface area contributed by atoms with E-state index in [2.05, 4.69) is 0 Å². The molecule has 1 aliphatic heterocycles. The zero-order chi connectivity index (χ0) is 12.3. The van der Waals surface area contributed by atoms with E-state index in [4.69, 9.17) is 0 Å². The number of likely N-dealkylation sites (tertiary alicyclic amines) is 1. The van der Waals surface area contributed by atoms with Gasteiger partial charge in [-0.25, -0.2) is 0 Å². The van der Waals surface area contributed by atoms with E-state index in [9.17, 15) is 15.0 Å². The number of carbonyl (C=O) groups is 1. The molecule has 2 N–H and O–H groups in total. The van der Waals surface area contributed by atoms with Crippen LogP contribution in [0.25, 0.3) is 0 Å². The molecule has 4 nitrogen and oxygen atoms in total. The third kappa shape index (κ3) is 3.42. The number of carbonyl (C=O) groups excluding carboxylic acids is 1. The Balaban J connectivity index is 1.80. The molecule has 2 rings (SSSR count). The number of β-amino-alcohol motifs (C(OH)–C–C–N with tert-alkyl or cyclic N) is 2. The van der Waals surface area contributed by atoms with Crippen LogP contribution >= 0.6 is 0 Å². The van der Waals surface area contributed by atoms with Gasteiger partial charge in [-0.05, 0) is 18.8 Å². The summed E-state index contributed by atoms with van der Waals surface area (Å²) in [6.07, 6.45) is 6.47. The van der Waals surface area contributed by atoms with E-state index in [-0.39, 0.29) is 5.91 Å². The summed E-state index contributed by atoms with van der Waals surface area (Å²) in [4.78, 5) is 13.6. The van der Waals surface area contributed by atoms with Gasteiger partial charge in [0.1, 0.15) is 0 Å². The van der Waals surface area contributed by atoms with Crippen molar-refractivity contribution in [1.29, 1.82) is 0 Å². The Morgan fingerprint density at radius 1 is 1.00 bits per heavy atom. The fourth-order valence-corrected chi connectivity index (χ4v) is 2.92. The Labute approximate surface area is 103 Å². The van der Waals surface area contributed by atoms with Crippen LogP contribution in [0.3, 0.4) is 0 Å². The minimum atomic E-state index is -0.756. The number of hydrogen-bond donors (Lipinski definition) is 2. The van der Waals surface area contributed by atoms with Crippen LogP contribution in [0.1, 0.15) is 44.9 Å². The SMILES string of the molecule is O=C(CC1CCCCCC1)N1CC(O)C(O)C1. The highest BCUT2D eigenvalue weighted by Gasteiger charge is 2.33. The second kappa shape index (κ2) is 5.83. The van der Waals surface area contributed by atoms with E-state index in [0.717, 1.165) is 12.8 Å². The van der Waals surface area contributed by atoms with Crippen molar-refractivity contribution in [3.05, 3.63) is 0 Å². The lowest BCUT2D eigenvalue weighted by Gasteiger charge is -2.19. The highest BCUT2D eigenvalue weighted by Crippen LogP contribution is 2.26. The maximum atomic E-state index is 12.0. The normalized spacial score (nSPS) is 31.5. The number of nitrogens with zero attached hydrogens (tertiary/aromatic N) is 1. The van der Waals surface area contributed by atoms with Gasteiger partial charge in [0.05, 0.1) is 12.2 Å². The standard InChI is InChI=1S/C13H23NO3/c15-11-8-14(9-12(11)16)13(17)7-10-5-3-1-2-4-6-10/h10-12,15-16H,1-9H2. The molecule has 1 saturated heterocycles. The van der Waals surface area contributed by atoms with E-state index in [1.165, 1.54) is 25.7 Å². The molecule has 1 amide bonds. The van der Waals surface area contributed by atoms with E-state index in [1.807, 2.05) is 0 Å². The summed E-state index contributed by atoms with van der Waals surface area (Å²) in [7, 11) is 0. The molecule has 0 aromatic heterocycles. The summed E-state index contributed by atoms with van der Waals surface area (Å²) in [6, 6.07) is 0. The second-order valence-electron chi connectivity index (χ2n) is 5.50. The molecule has 1 heterocycles. The second-order valence-corrected chi connectivity index (χ2v) is 5.50. The van der Waals surface area contributed by atoms with Crippen LogP contribution < -0.4 is 0 Å². The van der Waals surface area contributed by atoms with Crippen molar-refractivity contribution in [1.82, 2.24) is 4.90 Å². The summed E-state index contributed by atoms with van der Waals surface area (Å²) in [5.41, 5.74) is 0. The van der Waals surface area contributed by atoms with Gasteiger partial charge in [0.25, 0.3) is 0 Å². The maximum Gasteiger partial charge on any atom is 0.223 e. The molecule has 0 spiro atoms. The minimum Gasteiger partial charge on any atom is -0.388 e. The van der Waals surface area contributed by atoms with Crippen molar-refractivity contribution in [2.45, 2.75) is 57.2 Å². The minimum absolute atomic E-state index is 0.104. The van der Waals surface area contributed by atoms with E-state index in [1.54, 1.807) is 4.90 Å². The third-order valence-corrected chi connectivity index (χ3v) is 4.05. The Kier molecular flexibility index (Phi) is 4.40. The molecule has 0 bridgehead atoms. The van der Waals surface area contributed by atoms with Gasteiger partial charge in [0.2, 0.25) is 5.91 Å². The molecule has 1 saturated carbocycles. The first kappa shape index (κ1) is 12.8. The van der Waals surface area contributed by atoms with E-state index >= 15 is 0 Å². The fraction of sp³-hybridized carbons (Fsp3) is 0.923. The first-order valence-electron chi connectivity index (χ1n) is 6.80. The average molecular weight is 241 g/mol. The van der Waals surface area contributed by atoms with Crippen LogP contribution in [0.15, 0.2) is 0 Å². The van der Waals surface area contributed by atoms with Crippen LogP contribution in [0.5, 0.6) is 0 Å². The van der Waals surface area contributed by atoms with Crippen LogP contribution in [-0.2, 0) is 4.79 Å². The van der Waals surface area contributed by atoms with E-state index < -0.39 is 12.2 Å². The average Bonchev–Trinajstić information content (AvgIpc) is 2.54. The molecule has 2 aliphatic rings. The number of aliphatic hydroxyl groups excluding tert-OH is 2. The lowest BCUT2D eigenvalue weighted by Crippen LogP contribution is -2.31. The molecular weight excluding hydrogens is 218 g/mol. The zero-order valence-corrected chi connectivity index (χ0v) is 10.3. The summed E-state index contributed by atoms with van der Waals surface area (Å²) >= 11 is 0. The molecule has 2 unspecified atom stereocenters. The highest BCUT2D eigenvalue weighted by atomic mass is 16.3. The van der Waals surface area contributed by atoms with Crippen molar-refractivity contribution >= 4 is 5.91 Å². The number of rotatable bonds is 2. The molecular formula is C13H23NO3. The van der Waals surface area contributed by atoms with Crippen molar-refractivity contribution in [2.75, 3.05) is 13.1 Å². The molecule has 0 radical (unpaired) electrons. The highest BCUT2D eigenvalue weighted by molar-refractivity contribution is 5.76. The smallest absolute Gasteiger partial charge is 0.223 e. The number of aliphatic hydroxyl groups is 2. The van der Waals surface area contributed by atoms with Gasteiger partial charge in [-0.15, -0.1) is 0 Å². The predicted octanol–water partition coefficient (Wildman–Crippen LogP) is 0.911. The molecule has 2 atom stereocenters. The largest absolute Gasteiger partial charge is 0.388 e. The first-order chi connectivity index (χ1) is 8.16. The van der Waals surface area contributed by atoms with Gasteiger partial charge in [0.15, 0.2) is 0 Å². The Bertz CT molecular complexity index is 251. The van der Waals surface area contributed by atoms with Gasteiger partial charge in [-0.2, -0.15) is 0 Å². The Hall–Kier alpha value is -0.610. The van der Waals surface area contributed by atoms with Crippen LogP contribution in [0.2, 0.25) is 0 Å². The summed E-state index contributed by atoms with van der Waals surface area (Å²) in [5, 5.41) is 18.8. The Morgan fingerprint density at radius 3 is 2.06 bits per heavy atom. The predicted molar refractivity (Wildman–Crippen MR) is 64.4 cm³/mol. The molecule has 98 valence electrons. The van der Waals surface area contributed by atoms with Gasteiger partial charge in [-0.3, -0.25) is 4.79 Å². The topological polar surface area (TPSA) is 60.8 Å². The summed E-state index contributed by atoms with van der Waals surface area (Å²) < 4.78 is 0. The quantitative estimate of drug-likeness (QED) is 0.706. The van der Waals surface area contributed by atoms with Crippen molar-refractivity contribution in [3.63, 3.8) is 0 Å². The molecule has 4 heteroatoms. The van der Waals surface area contributed by atoms with E-state index in [0.29, 0.717) is 25.4 Å². The number of amides is 1. The van der Waals surface area contributed by atoms with Crippen LogP contribution in [-0.4, -0.2) is 46.3 Å². The lowest BCUT2D eigenvalue weighted by atomic mass is 9.96. The maximum absolute atomic E-state index is 12.0. The van der Waals surface area contributed by atoms with Crippen molar-refractivity contribution in [2.24, 2.45) is 5.92 Å². The first-order valence-corrected chi connectivity index (χ1v) is 6.80. The third-order valence-electron chi connectivity index (χ3n) is 4.05. The van der Waals surface area contributed by atoms with Gasteiger partial charge >= 0.3 is 0 Å². The van der Waals surface area contributed by atoms with Crippen LogP contribution in [0.4, 0.5) is 0 Å². The molecule has 1 aliphatic carbocycles. The van der Waals surface area contributed by atoms with Gasteiger partial charge < -0.3 is 15.1 Å². The molecule has 17 heavy (non-hydrogen) atoms. The monoisotopic (exact) mass is 241 g/mol. The lowest BCUT2D eigenvalue weighted by molar-refractivity contribution is -0.131. The zero-order valence-electron chi connectivity index (χ0n) is 10.3. The number of hydrogen-bond acceptors (Lipinski definition) is 3. The van der Waals surface area contributed by atoms with Crippen molar-refractivity contribution in [3.8, 4) is 0 Å². The van der Waals surface area contributed by atoms with Crippen molar-refractivity contribution < 1.29 is 15.0 Å². The Morgan fingerprint density at radius 2 is 1.53 bits per heavy atom. The molecule has 2 fully saturated rings.